The number of nitrogens with zero attached hydrogens (tertiary/aromatic N) is 1. The number of nitrogens with two attached hydrogens (primary N) is 1. The molecule has 1 aliphatic carbocycles. The van der Waals surface area contributed by atoms with Crippen LogP contribution in [0.2, 0.25) is 0 Å². The third-order valence-electron chi connectivity index (χ3n) is 4.90. The van der Waals surface area contributed by atoms with Crippen LogP contribution in [0.4, 0.5) is 5.69 Å². The second kappa shape index (κ2) is 7.79. The van der Waals surface area contributed by atoms with E-state index in [1.807, 2.05) is 24.3 Å². The van der Waals surface area contributed by atoms with Gasteiger partial charge in [0, 0.05) is 18.2 Å². The minimum absolute atomic E-state index is 0. The minimum atomic E-state index is -0.0411. The largest absolute Gasteiger partial charge is 0.347 e. The van der Waals surface area contributed by atoms with E-state index < -0.39 is 0 Å². The number of halogens is 1. The number of para-hydroxylation sites is 1. The van der Waals surface area contributed by atoms with Crippen molar-refractivity contribution in [1.82, 2.24) is 5.32 Å². The Morgan fingerprint density at radius 3 is 2.83 bits per heavy atom. The molecule has 1 fully saturated rings. The van der Waals surface area contributed by atoms with Crippen molar-refractivity contribution in [2.45, 2.75) is 25.7 Å². The van der Waals surface area contributed by atoms with E-state index >= 15 is 0 Å². The average Bonchev–Trinajstić information content (AvgIpc) is 3.18. The monoisotopic (exact) mass is 337 g/mol. The standard InChI is InChI=1S/C17H23N3O2.ClH/c18-10-13-5-3-6-14(13)17(22)19-11-16(21)20-9-8-12-4-1-2-7-15(12)20;/h1-2,4,7,13-14H,3,5-6,8-11,18H2,(H,19,22);1H/t13-,14-;/m1./s1. The van der Waals surface area contributed by atoms with Gasteiger partial charge in [-0.05, 0) is 43.4 Å². The molecule has 2 amide bonds. The van der Waals surface area contributed by atoms with Gasteiger partial charge in [0.05, 0.1) is 6.54 Å². The van der Waals surface area contributed by atoms with Crippen molar-refractivity contribution in [3.63, 3.8) is 0 Å². The second-order valence-electron chi connectivity index (χ2n) is 6.18. The summed E-state index contributed by atoms with van der Waals surface area (Å²) in [6.45, 7) is 1.31. The molecule has 126 valence electrons. The number of amides is 2. The van der Waals surface area contributed by atoms with Gasteiger partial charge in [-0.1, -0.05) is 24.6 Å². The normalized spacial score (nSPS) is 22.4. The first kappa shape index (κ1) is 17.8. The van der Waals surface area contributed by atoms with Gasteiger partial charge in [-0.2, -0.15) is 0 Å². The predicted octanol–water partition coefficient (Wildman–Crippen LogP) is 1.49. The number of nitrogens with one attached hydrogen (secondary N) is 1. The van der Waals surface area contributed by atoms with Crippen LogP contribution in [0, 0.1) is 11.8 Å². The second-order valence-corrected chi connectivity index (χ2v) is 6.18. The first-order chi connectivity index (χ1) is 10.7. The molecule has 3 N–H and O–H groups in total. The molecule has 1 aromatic rings. The number of fused-ring (bicyclic) bond motifs is 1. The highest BCUT2D eigenvalue weighted by Crippen LogP contribution is 2.31. The summed E-state index contributed by atoms with van der Waals surface area (Å²) >= 11 is 0. The van der Waals surface area contributed by atoms with Crippen molar-refractivity contribution in [3.05, 3.63) is 29.8 Å². The van der Waals surface area contributed by atoms with Crippen molar-refractivity contribution in [2.24, 2.45) is 17.6 Å². The smallest absolute Gasteiger partial charge is 0.246 e. The molecule has 0 saturated heterocycles. The molecule has 0 unspecified atom stereocenters. The zero-order chi connectivity index (χ0) is 15.5. The molecule has 0 bridgehead atoms. The molecule has 0 radical (unpaired) electrons. The van der Waals surface area contributed by atoms with Crippen LogP contribution in [0.1, 0.15) is 24.8 Å². The molecule has 2 aliphatic rings. The van der Waals surface area contributed by atoms with Gasteiger partial charge < -0.3 is 16.0 Å². The first-order valence-electron chi connectivity index (χ1n) is 8.06. The molecule has 6 heteroatoms. The molecule has 2 atom stereocenters. The van der Waals surface area contributed by atoms with E-state index in [0.717, 1.165) is 31.4 Å². The molecule has 1 heterocycles. The summed E-state index contributed by atoms with van der Waals surface area (Å²) in [6.07, 6.45) is 3.83. The Balaban J connectivity index is 0.00000192. The van der Waals surface area contributed by atoms with Gasteiger partial charge in [0.2, 0.25) is 11.8 Å². The lowest BCUT2D eigenvalue weighted by molar-refractivity contribution is -0.128. The number of carbonyl (C=O) groups is 2. The quantitative estimate of drug-likeness (QED) is 0.874. The molecular formula is C17H24ClN3O2. The molecule has 0 spiro atoms. The number of anilines is 1. The molecule has 1 aliphatic heterocycles. The Labute approximate surface area is 143 Å². The molecular weight excluding hydrogens is 314 g/mol. The molecule has 3 rings (SSSR count). The maximum atomic E-state index is 12.4. The van der Waals surface area contributed by atoms with Crippen LogP contribution < -0.4 is 16.0 Å². The number of hydrogen-bond acceptors (Lipinski definition) is 3. The first-order valence-corrected chi connectivity index (χ1v) is 8.06. The van der Waals surface area contributed by atoms with Crippen LogP contribution in [-0.4, -0.2) is 31.4 Å². The van der Waals surface area contributed by atoms with Crippen LogP contribution >= 0.6 is 12.4 Å². The maximum Gasteiger partial charge on any atom is 0.246 e. The Morgan fingerprint density at radius 1 is 1.26 bits per heavy atom. The van der Waals surface area contributed by atoms with Gasteiger partial charge in [0.1, 0.15) is 0 Å². The van der Waals surface area contributed by atoms with Crippen LogP contribution in [-0.2, 0) is 16.0 Å². The number of rotatable bonds is 4. The molecule has 1 saturated carbocycles. The average molecular weight is 338 g/mol. The van der Waals surface area contributed by atoms with Crippen molar-refractivity contribution >= 4 is 29.9 Å². The molecule has 5 nitrogen and oxygen atoms in total. The van der Waals surface area contributed by atoms with Crippen molar-refractivity contribution in [1.29, 1.82) is 0 Å². The van der Waals surface area contributed by atoms with Crippen molar-refractivity contribution < 1.29 is 9.59 Å². The topological polar surface area (TPSA) is 75.4 Å². The Kier molecular flexibility index (Phi) is 6.02. The van der Waals surface area contributed by atoms with E-state index in [1.54, 1.807) is 4.90 Å². The highest BCUT2D eigenvalue weighted by molar-refractivity contribution is 5.98. The van der Waals surface area contributed by atoms with Crippen molar-refractivity contribution in [3.8, 4) is 0 Å². The molecule has 23 heavy (non-hydrogen) atoms. The zero-order valence-electron chi connectivity index (χ0n) is 13.2. The van der Waals surface area contributed by atoms with Gasteiger partial charge in [-0.25, -0.2) is 0 Å². The van der Waals surface area contributed by atoms with Gasteiger partial charge in [-0.3, -0.25) is 9.59 Å². The summed E-state index contributed by atoms with van der Waals surface area (Å²) in [6, 6.07) is 7.93. The molecule has 1 aromatic carbocycles. The highest BCUT2D eigenvalue weighted by atomic mass is 35.5. The maximum absolute atomic E-state index is 12.4. The Bertz CT molecular complexity index is 579. The Hall–Kier alpha value is -1.59. The van der Waals surface area contributed by atoms with E-state index in [4.69, 9.17) is 5.73 Å². The van der Waals surface area contributed by atoms with E-state index in [0.29, 0.717) is 13.1 Å². The number of carbonyl (C=O) groups excluding carboxylic acids is 2. The van der Waals surface area contributed by atoms with Crippen LogP contribution in [0.15, 0.2) is 24.3 Å². The van der Waals surface area contributed by atoms with E-state index in [2.05, 4.69) is 5.32 Å². The summed E-state index contributed by atoms with van der Waals surface area (Å²) in [5.74, 6) is 0.181. The van der Waals surface area contributed by atoms with Crippen LogP contribution in [0.5, 0.6) is 0 Å². The third-order valence-corrected chi connectivity index (χ3v) is 4.90. The van der Waals surface area contributed by atoms with Gasteiger partial charge in [-0.15, -0.1) is 12.4 Å². The van der Waals surface area contributed by atoms with E-state index in [9.17, 15) is 9.59 Å². The Morgan fingerprint density at radius 2 is 2.04 bits per heavy atom. The van der Waals surface area contributed by atoms with Crippen molar-refractivity contribution in [2.75, 3.05) is 24.5 Å². The van der Waals surface area contributed by atoms with Crippen LogP contribution in [0.3, 0.4) is 0 Å². The fraction of sp³-hybridized carbons (Fsp3) is 0.529. The zero-order valence-corrected chi connectivity index (χ0v) is 14.0. The van der Waals surface area contributed by atoms with E-state index in [1.165, 1.54) is 5.56 Å². The fourth-order valence-electron chi connectivity index (χ4n) is 3.65. The third kappa shape index (κ3) is 3.67. The van der Waals surface area contributed by atoms with Gasteiger partial charge >= 0.3 is 0 Å². The van der Waals surface area contributed by atoms with Gasteiger partial charge in [0.25, 0.3) is 0 Å². The summed E-state index contributed by atoms with van der Waals surface area (Å²) in [7, 11) is 0. The number of benzene rings is 1. The fourth-order valence-corrected chi connectivity index (χ4v) is 3.65. The summed E-state index contributed by atoms with van der Waals surface area (Å²) in [4.78, 5) is 26.4. The lowest BCUT2D eigenvalue weighted by Gasteiger charge is -2.20. The SMILES string of the molecule is Cl.NC[C@H]1CCC[C@H]1C(=O)NCC(=O)N1CCc2ccccc21. The summed E-state index contributed by atoms with van der Waals surface area (Å²) in [5.41, 5.74) is 7.89. The molecule has 0 aromatic heterocycles. The number of hydrogen-bond donors (Lipinski definition) is 2. The predicted molar refractivity (Wildman–Crippen MR) is 92.6 cm³/mol. The van der Waals surface area contributed by atoms with Gasteiger partial charge in [0.15, 0.2) is 0 Å². The van der Waals surface area contributed by atoms with Crippen LogP contribution in [0.25, 0.3) is 0 Å². The highest BCUT2D eigenvalue weighted by Gasteiger charge is 2.32. The lowest BCUT2D eigenvalue weighted by Crippen LogP contribution is -2.42. The van der Waals surface area contributed by atoms with E-state index in [-0.39, 0.29) is 42.6 Å². The summed E-state index contributed by atoms with van der Waals surface area (Å²) in [5, 5.41) is 2.81. The lowest BCUT2D eigenvalue weighted by atomic mass is 9.95. The minimum Gasteiger partial charge on any atom is -0.347 e. The summed E-state index contributed by atoms with van der Waals surface area (Å²) < 4.78 is 0.